The van der Waals surface area contributed by atoms with E-state index < -0.39 is 0 Å². The second kappa shape index (κ2) is 6.23. The first-order valence-electron chi connectivity index (χ1n) is 4.51. The van der Waals surface area contributed by atoms with E-state index in [0.29, 0.717) is 6.41 Å². The van der Waals surface area contributed by atoms with Crippen LogP contribution in [0.25, 0.3) is 0 Å². The normalized spacial score (nSPS) is 8.31. The summed E-state index contributed by atoms with van der Waals surface area (Å²) in [6.07, 6.45) is 0.692. The minimum atomic E-state index is 0.692. The third-order valence-electron chi connectivity index (χ3n) is 1.60. The molecular weight excluding hydrogens is 162 g/mol. The van der Waals surface area contributed by atoms with Gasteiger partial charge in [0.1, 0.15) is 0 Å². The first-order valence-corrected chi connectivity index (χ1v) is 4.51. The topological polar surface area (TPSA) is 29.1 Å². The average Bonchev–Trinajstić information content (AvgIpc) is 2.14. The van der Waals surface area contributed by atoms with Gasteiger partial charge in [0.25, 0.3) is 0 Å². The molecule has 0 radical (unpaired) electrons. The van der Waals surface area contributed by atoms with Gasteiger partial charge in [0, 0.05) is 5.69 Å². The number of amides is 1. The lowest BCUT2D eigenvalue weighted by atomic mass is 10.1. The molecule has 0 aromatic heterocycles. The summed E-state index contributed by atoms with van der Waals surface area (Å²) < 4.78 is 0. The standard InChI is InChI=1S/C9H11NO.C2H6/c1-7-3-4-9(10-6-11)8(2)5-7;1-2/h3-6H,1-2H3,(H,10,11);1-2H3. The summed E-state index contributed by atoms with van der Waals surface area (Å²) in [5.41, 5.74) is 3.18. The van der Waals surface area contributed by atoms with Gasteiger partial charge in [0.05, 0.1) is 0 Å². The van der Waals surface area contributed by atoms with Gasteiger partial charge in [-0.15, -0.1) is 0 Å². The van der Waals surface area contributed by atoms with Crippen molar-refractivity contribution in [2.24, 2.45) is 0 Å². The van der Waals surface area contributed by atoms with Crippen molar-refractivity contribution >= 4 is 12.1 Å². The maximum atomic E-state index is 10.1. The predicted octanol–water partition coefficient (Wildman–Crippen LogP) is 2.90. The van der Waals surface area contributed by atoms with Crippen LogP contribution in [0.2, 0.25) is 0 Å². The van der Waals surface area contributed by atoms with Crippen molar-refractivity contribution in [3.63, 3.8) is 0 Å². The lowest BCUT2D eigenvalue weighted by Crippen LogP contribution is -1.95. The van der Waals surface area contributed by atoms with Crippen molar-refractivity contribution < 1.29 is 4.79 Å². The Morgan fingerprint density at radius 2 is 1.85 bits per heavy atom. The molecule has 1 N–H and O–H groups in total. The van der Waals surface area contributed by atoms with Gasteiger partial charge in [0.15, 0.2) is 0 Å². The molecule has 72 valence electrons. The monoisotopic (exact) mass is 179 g/mol. The number of nitrogens with one attached hydrogen (secondary N) is 1. The third kappa shape index (κ3) is 3.74. The summed E-state index contributed by atoms with van der Waals surface area (Å²) in [5.74, 6) is 0. The van der Waals surface area contributed by atoms with Gasteiger partial charge in [0.2, 0.25) is 6.41 Å². The predicted molar refractivity (Wildman–Crippen MR) is 57.0 cm³/mol. The number of carbonyl (C=O) groups is 1. The summed E-state index contributed by atoms with van der Waals surface area (Å²) in [4.78, 5) is 10.1. The van der Waals surface area contributed by atoms with E-state index >= 15 is 0 Å². The van der Waals surface area contributed by atoms with Crippen molar-refractivity contribution in [3.8, 4) is 0 Å². The molecule has 2 heteroatoms. The molecule has 13 heavy (non-hydrogen) atoms. The molecule has 0 unspecified atom stereocenters. The smallest absolute Gasteiger partial charge is 0.211 e. The van der Waals surface area contributed by atoms with E-state index in [0.717, 1.165) is 11.3 Å². The van der Waals surface area contributed by atoms with E-state index in [-0.39, 0.29) is 0 Å². The molecule has 0 heterocycles. The zero-order valence-electron chi connectivity index (χ0n) is 8.72. The number of rotatable bonds is 2. The van der Waals surface area contributed by atoms with Gasteiger partial charge in [-0.2, -0.15) is 0 Å². The highest BCUT2D eigenvalue weighted by Gasteiger charge is 1.94. The Labute approximate surface area is 80.0 Å². The molecule has 1 amide bonds. The summed E-state index contributed by atoms with van der Waals surface area (Å²) in [7, 11) is 0. The number of benzene rings is 1. The molecule has 0 atom stereocenters. The van der Waals surface area contributed by atoms with Gasteiger partial charge >= 0.3 is 0 Å². The zero-order valence-corrected chi connectivity index (χ0v) is 8.72. The molecule has 0 aliphatic heterocycles. The number of hydrogen-bond donors (Lipinski definition) is 1. The fourth-order valence-corrected chi connectivity index (χ4v) is 1.04. The highest BCUT2D eigenvalue weighted by molar-refractivity contribution is 5.73. The van der Waals surface area contributed by atoms with Crippen LogP contribution in [0.5, 0.6) is 0 Å². The lowest BCUT2D eigenvalue weighted by molar-refractivity contribution is -0.105. The molecular formula is C11H17NO. The van der Waals surface area contributed by atoms with Crippen LogP contribution in [0, 0.1) is 13.8 Å². The van der Waals surface area contributed by atoms with Crippen molar-refractivity contribution in [1.82, 2.24) is 0 Å². The number of hydrogen-bond acceptors (Lipinski definition) is 1. The highest BCUT2D eigenvalue weighted by atomic mass is 16.1. The summed E-state index contributed by atoms with van der Waals surface area (Å²) >= 11 is 0. The fraction of sp³-hybridized carbons (Fsp3) is 0.364. The summed E-state index contributed by atoms with van der Waals surface area (Å²) in [6.45, 7) is 8.00. The first kappa shape index (κ1) is 11.7. The molecule has 1 aromatic rings. The number of aryl methyl sites for hydroxylation is 2. The van der Waals surface area contributed by atoms with Crippen LogP contribution in [0.15, 0.2) is 18.2 Å². The van der Waals surface area contributed by atoms with Crippen LogP contribution in [0.4, 0.5) is 5.69 Å². The quantitative estimate of drug-likeness (QED) is 0.695. The third-order valence-corrected chi connectivity index (χ3v) is 1.60. The molecule has 0 aliphatic rings. The molecule has 0 saturated carbocycles. The molecule has 0 fully saturated rings. The Balaban J connectivity index is 0.000000671. The maximum Gasteiger partial charge on any atom is 0.211 e. The van der Waals surface area contributed by atoms with Gasteiger partial charge in [-0.1, -0.05) is 31.5 Å². The average molecular weight is 179 g/mol. The van der Waals surface area contributed by atoms with Gasteiger partial charge < -0.3 is 5.32 Å². The van der Waals surface area contributed by atoms with Gasteiger partial charge in [-0.3, -0.25) is 4.79 Å². The second-order valence-corrected chi connectivity index (χ2v) is 2.58. The molecule has 2 nitrogen and oxygen atoms in total. The van der Waals surface area contributed by atoms with Gasteiger partial charge in [-0.05, 0) is 25.5 Å². The summed E-state index contributed by atoms with van der Waals surface area (Å²) in [5, 5.41) is 2.62. The van der Waals surface area contributed by atoms with Crippen LogP contribution in [0.1, 0.15) is 25.0 Å². The fourth-order valence-electron chi connectivity index (χ4n) is 1.04. The molecule has 0 saturated heterocycles. The number of anilines is 1. The summed E-state index contributed by atoms with van der Waals surface area (Å²) in [6, 6.07) is 5.91. The van der Waals surface area contributed by atoms with Crippen LogP contribution in [0.3, 0.4) is 0 Å². The largest absolute Gasteiger partial charge is 0.328 e. The SMILES string of the molecule is CC.Cc1ccc(NC=O)c(C)c1. The Morgan fingerprint density at radius 3 is 2.31 bits per heavy atom. The van der Waals surface area contributed by atoms with Crippen molar-refractivity contribution in [1.29, 1.82) is 0 Å². The highest BCUT2D eigenvalue weighted by Crippen LogP contribution is 2.14. The Morgan fingerprint density at radius 1 is 1.23 bits per heavy atom. The van der Waals surface area contributed by atoms with Crippen LogP contribution in [-0.2, 0) is 4.79 Å². The van der Waals surface area contributed by atoms with Crippen molar-refractivity contribution in [2.45, 2.75) is 27.7 Å². The van der Waals surface area contributed by atoms with Crippen LogP contribution >= 0.6 is 0 Å². The Bertz CT molecular complexity index is 269. The van der Waals surface area contributed by atoms with Crippen molar-refractivity contribution in [3.05, 3.63) is 29.3 Å². The molecule has 0 spiro atoms. The van der Waals surface area contributed by atoms with E-state index in [1.165, 1.54) is 5.56 Å². The van der Waals surface area contributed by atoms with Crippen LogP contribution < -0.4 is 5.32 Å². The molecule has 0 bridgehead atoms. The molecule has 1 rings (SSSR count). The van der Waals surface area contributed by atoms with E-state index in [1.54, 1.807) is 0 Å². The second-order valence-electron chi connectivity index (χ2n) is 2.58. The zero-order chi connectivity index (χ0) is 10.3. The Hall–Kier alpha value is -1.31. The maximum absolute atomic E-state index is 10.1. The lowest BCUT2D eigenvalue weighted by Gasteiger charge is -2.03. The van der Waals surface area contributed by atoms with Gasteiger partial charge in [-0.25, -0.2) is 0 Å². The first-order chi connectivity index (χ1) is 6.24. The van der Waals surface area contributed by atoms with E-state index in [1.807, 2.05) is 45.9 Å². The minimum absolute atomic E-state index is 0.692. The Kier molecular flexibility index (Phi) is 5.60. The van der Waals surface area contributed by atoms with E-state index in [4.69, 9.17) is 0 Å². The number of carbonyl (C=O) groups excluding carboxylic acids is 1. The van der Waals surface area contributed by atoms with Crippen molar-refractivity contribution in [2.75, 3.05) is 5.32 Å². The molecule has 0 aliphatic carbocycles. The molecule has 1 aromatic carbocycles. The van der Waals surface area contributed by atoms with E-state index in [9.17, 15) is 4.79 Å². The van der Waals surface area contributed by atoms with E-state index in [2.05, 4.69) is 5.32 Å². The van der Waals surface area contributed by atoms with Crippen LogP contribution in [-0.4, -0.2) is 6.41 Å². The minimum Gasteiger partial charge on any atom is -0.328 e.